The largest absolute Gasteiger partial charge is 0.396 e. The average molecular weight is 267 g/mol. The number of rotatable bonds is 5. The van der Waals surface area contributed by atoms with Crippen LogP contribution in [0.2, 0.25) is 0 Å². The predicted molar refractivity (Wildman–Crippen MR) is 72.3 cm³/mol. The highest BCUT2D eigenvalue weighted by Gasteiger charge is 2.51. The third-order valence-corrected chi connectivity index (χ3v) is 5.34. The normalized spacial score (nSPS) is 25.3. The first-order valence-corrected chi connectivity index (χ1v) is 7.48. The molecule has 0 aromatic carbocycles. The Labute approximate surface area is 115 Å². The fraction of sp³-hybridized carbons (Fsp3) is 0.867. The van der Waals surface area contributed by atoms with Crippen LogP contribution in [0.3, 0.4) is 0 Å². The minimum absolute atomic E-state index is 0.0118. The maximum absolute atomic E-state index is 12.6. The van der Waals surface area contributed by atoms with Crippen LogP contribution < -0.4 is 0 Å². The summed E-state index contributed by atoms with van der Waals surface area (Å²) in [6, 6.07) is 0. The van der Waals surface area contributed by atoms with E-state index in [9.17, 15) is 14.7 Å². The van der Waals surface area contributed by atoms with Crippen LogP contribution in [0, 0.1) is 10.8 Å². The van der Waals surface area contributed by atoms with Crippen LogP contribution in [0.5, 0.6) is 0 Å². The SMILES string of the molecule is CCC1(CC)CC(=O)N(CC2(CO)CCCC2)C1=O. The summed E-state index contributed by atoms with van der Waals surface area (Å²) in [6.45, 7) is 4.46. The Hall–Kier alpha value is -0.900. The van der Waals surface area contributed by atoms with Crippen molar-refractivity contribution in [1.29, 1.82) is 0 Å². The maximum Gasteiger partial charge on any atom is 0.235 e. The van der Waals surface area contributed by atoms with Crippen molar-refractivity contribution in [3.8, 4) is 0 Å². The Kier molecular flexibility index (Phi) is 4.00. The van der Waals surface area contributed by atoms with Crippen molar-refractivity contribution in [2.75, 3.05) is 13.2 Å². The van der Waals surface area contributed by atoms with E-state index in [2.05, 4.69) is 0 Å². The van der Waals surface area contributed by atoms with Crippen LogP contribution in [0.4, 0.5) is 0 Å². The molecule has 1 saturated carbocycles. The molecule has 0 radical (unpaired) electrons. The molecule has 108 valence electrons. The molecule has 2 rings (SSSR count). The highest BCUT2D eigenvalue weighted by atomic mass is 16.3. The second-order valence-corrected chi connectivity index (χ2v) is 6.31. The van der Waals surface area contributed by atoms with E-state index in [0.717, 1.165) is 38.5 Å². The fourth-order valence-corrected chi connectivity index (χ4v) is 3.65. The quantitative estimate of drug-likeness (QED) is 0.776. The van der Waals surface area contributed by atoms with Gasteiger partial charge in [-0.1, -0.05) is 26.7 Å². The van der Waals surface area contributed by atoms with Crippen LogP contribution >= 0.6 is 0 Å². The van der Waals surface area contributed by atoms with E-state index in [4.69, 9.17) is 0 Å². The summed E-state index contributed by atoms with van der Waals surface area (Å²) < 4.78 is 0. The van der Waals surface area contributed by atoms with Crippen molar-refractivity contribution in [2.45, 2.75) is 58.8 Å². The molecule has 4 nitrogen and oxygen atoms in total. The van der Waals surface area contributed by atoms with E-state index < -0.39 is 5.41 Å². The van der Waals surface area contributed by atoms with E-state index in [1.807, 2.05) is 13.8 Å². The summed E-state index contributed by atoms with van der Waals surface area (Å²) >= 11 is 0. The molecule has 2 amide bonds. The van der Waals surface area contributed by atoms with E-state index in [-0.39, 0.29) is 23.8 Å². The summed E-state index contributed by atoms with van der Waals surface area (Å²) in [5.74, 6) is -0.0596. The molecule has 2 fully saturated rings. The van der Waals surface area contributed by atoms with Gasteiger partial charge in [0.05, 0.1) is 12.0 Å². The highest BCUT2D eigenvalue weighted by Crippen LogP contribution is 2.43. The molecule has 0 atom stereocenters. The average Bonchev–Trinajstić information content (AvgIpc) is 2.98. The van der Waals surface area contributed by atoms with Crippen molar-refractivity contribution in [3.63, 3.8) is 0 Å². The van der Waals surface area contributed by atoms with Gasteiger partial charge in [0, 0.05) is 18.4 Å². The number of aliphatic hydroxyl groups is 1. The van der Waals surface area contributed by atoms with Crippen LogP contribution in [0.15, 0.2) is 0 Å². The summed E-state index contributed by atoms with van der Waals surface area (Å²) in [5, 5.41) is 9.64. The topological polar surface area (TPSA) is 57.6 Å². The van der Waals surface area contributed by atoms with Crippen molar-refractivity contribution in [1.82, 2.24) is 4.90 Å². The number of imide groups is 1. The molecule has 1 aliphatic carbocycles. The lowest BCUT2D eigenvalue weighted by Gasteiger charge is -2.32. The van der Waals surface area contributed by atoms with Gasteiger partial charge in [0.2, 0.25) is 11.8 Å². The van der Waals surface area contributed by atoms with E-state index >= 15 is 0 Å². The zero-order valence-electron chi connectivity index (χ0n) is 12.1. The highest BCUT2D eigenvalue weighted by molar-refractivity contribution is 6.05. The molecule has 0 aromatic rings. The summed E-state index contributed by atoms with van der Waals surface area (Å²) in [7, 11) is 0. The Bertz CT molecular complexity index is 368. The molecule has 1 heterocycles. The first-order valence-electron chi connectivity index (χ1n) is 7.48. The molecule has 19 heavy (non-hydrogen) atoms. The summed E-state index contributed by atoms with van der Waals surface area (Å²) in [5.41, 5.74) is -0.713. The van der Waals surface area contributed by atoms with Crippen LogP contribution in [-0.2, 0) is 9.59 Å². The molecule has 1 saturated heterocycles. The lowest BCUT2D eigenvalue weighted by Crippen LogP contribution is -2.43. The number of amides is 2. The van der Waals surface area contributed by atoms with Crippen molar-refractivity contribution >= 4 is 11.8 Å². The third-order valence-electron chi connectivity index (χ3n) is 5.34. The number of nitrogens with zero attached hydrogens (tertiary/aromatic N) is 1. The van der Waals surface area contributed by atoms with Crippen molar-refractivity contribution in [2.24, 2.45) is 10.8 Å². The van der Waals surface area contributed by atoms with Gasteiger partial charge in [-0.15, -0.1) is 0 Å². The number of carbonyl (C=O) groups excluding carboxylic acids is 2. The molecule has 0 spiro atoms. The van der Waals surface area contributed by atoms with Gasteiger partial charge in [0.25, 0.3) is 0 Å². The molecule has 1 aliphatic heterocycles. The number of hydrogen-bond acceptors (Lipinski definition) is 3. The molecular weight excluding hydrogens is 242 g/mol. The van der Waals surface area contributed by atoms with Gasteiger partial charge < -0.3 is 5.11 Å². The zero-order chi connectivity index (χ0) is 14.1. The van der Waals surface area contributed by atoms with Crippen LogP contribution in [-0.4, -0.2) is 35.0 Å². The molecular formula is C15H25NO3. The van der Waals surface area contributed by atoms with Gasteiger partial charge in [-0.05, 0) is 25.7 Å². The molecule has 0 bridgehead atoms. The van der Waals surface area contributed by atoms with Crippen LogP contribution in [0.25, 0.3) is 0 Å². The Morgan fingerprint density at radius 3 is 2.16 bits per heavy atom. The smallest absolute Gasteiger partial charge is 0.235 e. The maximum atomic E-state index is 12.6. The molecule has 4 heteroatoms. The lowest BCUT2D eigenvalue weighted by molar-refractivity contribution is -0.144. The minimum atomic E-state index is -0.480. The van der Waals surface area contributed by atoms with Gasteiger partial charge in [0.15, 0.2) is 0 Å². The van der Waals surface area contributed by atoms with Gasteiger partial charge in [-0.3, -0.25) is 14.5 Å². The van der Waals surface area contributed by atoms with E-state index in [0.29, 0.717) is 13.0 Å². The van der Waals surface area contributed by atoms with E-state index in [1.165, 1.54) is 4.90 Å². The van der Waals surface area contributed by atoms with Crippen molar-refractivity contribution in [3.05, 3.63) is 0 Å². The first kappa shape index (κ1) is 14.5. The number of carbonyl (C=O) groups is 2. The fourth-order valence-electron chi connectivity index (χ4n) is 3.65. The molecule has 1 N–H and O–H groups in total. The molecule has 2 aliphatic rings. The minimum Gasteiger partial charge on any atom is -0.396 e. The third kappa shape index (κ3) is 2.31. The molecule has 0 unspecified atom stereocenters. The predicted octanol–water partition coefficient (Wildman–Crippen LogP) is 2.10. The Morgan fingerprint density at radius 2 is 1.74 bits per heavy atom. The van der Waals surface area contributed by atoms with Gasteiger partial charge in [-0.2, -0.15) is 0 Å². The first-order chi connectivity index (χ1) is 9.02. The standard InChI is InChI=1S/C15H25NO3/c1-3-15(4-2)9-12(18)16(13(15)19)10-14(11-17)7-5-6-8-14/h17H,3-11H2,1-2H3. The number of aliphatic hydroxyl groups excluding tert-OH is 1. The van der Waals surface area contributed by atoms with Gasteiger partial charge in [-0.25, -0.2) is 0 Å². The lowest BCUT2D eigenvalue weighted by atomic mass is 9.80. The Morgan fingerprint density at radius 1 is 1.16 bits per heavy atom. The van der Waals surface area contributed by atoms with Crippen molar-refractivity contribution < 1.29 is 14.7 Å². The van der Waals surface area contributed by atoms with Crippen LogP contribution in [0.1, 0.15) is 58.8 Å². The molecule has 0 aromatic heterocycles. The van der Waals surface area contributed by atoms with Gasteiger partial charge in [0.1, 0.15) is 0 Å². The summed E-state index contributed by atoms with van der Waals surface area (Å²) in [4.78, 5) is 26.2. The summed E-state index contributed by atoms with van der Waals surface area (Å²) in [6.07, 6.45) is 5.80. The monoisotopic (exact) mass is 267 g/mol. The number of likely N-dealkylation sites (tertiary alicyclic amines) is 1. The van der Waals surface area contributed by atoms with Gasteiger partial charge >= 0.3 is 0 Å². The second kappa shape index (κ2) is 5.23. The van der Waals surface area contributed by atoms with E-state index in [1.54, 1.807) is 0 Å². The number of hydrogen-bond donors (Lipinski definition) is 1. The Balaban J connectivity index is 2.17. The zero-order valence-corrected chi connectivity index (χ0v) is 12.1. The second-order valence-electron chi connectivity index (χ2n) is 6.31.